The highest BCUT2D eigenvalue weighted by Crippen LogP contribution is 2.19. The van der Waals surface area contributed by atoms with Gasteiger partial charge in [0, 0.05) is 23.8 Å². The molecular weight excluding hydrogens is 335 g/mol. The molecule has 1 amide bonds. The molecule has 7 heteroatoms. The number of hydrogen-bond donors (Lipinski definition) is 2. The van der Waals surface area contributed by atoms with Gasteiger partial charge >= 0.3 is 0 Å². The minimum Gasteiger partial charge on any atom is -0.351 e. The van der Waals surface area contributed by atoms with E-state index in [0.29, 0.717) is 23.7 Å². The van der Waals surface area contributed by atoms with Gasteiger partial charge in [-0.2, -0.15) is 5.10 Å². The van der Waals surface area contributed by atoms with Gasteiger partial charge in [-0.25, -0.2) is 0 Å². The molecule has 23 heavy (non-hydrogen) atoms. The predicted octanol–water partition coefficient (Wildman–Crippen LogP) is 2.57. The van der Waals surface area contributed by atoms with Gasteiger partial charge in [0.15, 0.2) is 0 Å². The molecule has 0 unspecified atom stereocenters. The highest BCUT2D eigenvalue weighted by atomic mass is 35.5. The van der Waals surface area contributed by atoms with E-state index in [0.717, 1.165) is 23.5 Å². The largest absolute Gasteiger partial charge is 0.351 e. The fourth-order valence-electron chi connectivity index (χ4n) is 2.36. The van der Waals surface area contributed by atoms with Crippen LogP contribution < -0.4 is 10.6 Å². The molecule has 0 fully saturated rings. The highest BCUT2D eigenvalue weighted by Gasteiger charge is 2.18. The summed E-state index contributed by atoms with van der Waals surface area (Å²) in [7, 11) is 1.85. The average Bonchev–Trinajstić information content (AvgIpc) is 2.76. The molecular formula is C16H22Cl2N4O. The summed E-state index contributed by atoms with van der Waals surface area (Å²) >= 11 is 6.19. The Hall–Kier alpha value is -1.56. The van der Waals surface area contributed by atoms with Crippen LogP contribution >= 0.6 is 24.0 Å². The number of nitrogens with zero attached hydrogens (tertiary/aromatic N) is 2. The first-order chi connectivity index (χ1) is 10.5. The number of nitrogens with one attached hydrogen (secondary N) is 2. The molecule has 126 valence electrons. The summed E-state index contributed by atoms with van der Waals surface area (Å²) in [6.07, 6.45) is 0. The number of carbonyl (C=O) groups excluding carboxylic acids is 1. The maximum atomic E-state index is 12.3. The Balaban J connectivity index is 0.00000264. The van der Waals surface area contributed by atoms with Gasteiger partial charge in [0.2, 0.25) is 0 Å². The van der Waals surface area contributed by atoms with Crippen molar-refractivity contribution in [3.8, 4) is 0 Å². The van der Waals surface area contributed by atoms with Crippen LogP contribution in [0.15, 0.2) is 24.3 Å². The van der Waals surface area contributed by atoms with Crippen molar-refractivity contribution in [3.63, 3.8) is 0 Å². The number of hydrogen-bond acceptors (Lipinski definition) is 3. The quantitative estimate of drug-likeness (QED) is 0.782. The number of aryl methyl sites for hydroxylation is 1. The van der Waals surface area contributed by atoms with Crippen molar-refractivity contribution < 1.29 is 4.79 Å². The van der Waals surface area contributed by atoms with Crippen LogP contribution in [-0.4, -0.2) is 35.8 Å². The summed E-state index contributed by atoms with van der Waals surface area (Å²) in [5.41, 5.74) is 3.20. The van der Waals surface area contributed by atoms with Crippen molar-refractivity contribution >= 4 is 29.9 Å². The van der Waals surface area contributed by atoms with Crippen molar-refractivity contribution in [1.29, 1.82) is 0 Å². The molecule has 0 radical (unpaired) electrons. The fraction of sp³-hybridized carbons (Fsp3) is 0.375. The summed E-state index contributed by atoms with van der Waals surface area (Å²) < 4.78 is 1.82. The Morgan fingerprint density at radius 3 is 2.61 bits per heavy atom. The summed E-state index contributed by atoms with van der Waals surface area (Å²) in [6, 6.07) is 7.66. The Labute approximate surface area is 147 Å². The van der Waals surface area contributed by atoms with Gasteiger partial charge in [0.1, 0.15) is 0 Å². The SMILES string of the molecule is CNCCNC(=O)c1c(C)nn(Cc2ccccc2Cl)c1C.Cl. The molecule has 1 aromatic carbocycles. The Kier molecular flexibility index (Phi) is 7.55. The second-order valence-corrected chi connectivity index (χ2v) is 5.56. The molecule has 0 aliphatic heterocycles. The summed E-state index contributed by atoms with van der Waals surface area (Å²) in [5, 5.41) is 11.1. The topological polar surface area (TPSA) is 58.9 Å². The average molecular weight is 357 g/mol. The Morgan fingerprint density at radius 1 is 1.26 bits per heavy atom. The van der Waals surface area contributed by atoms with Gasteiger partial charge in [0.05, 0.1) is 17.8 Å². The van der Waals surface area contributed by atoms with Crippen molar-refractivity contribution in [3.05, 3.63) is 51.8 Å². The van der Waals surface area contributed by atoms with Crippen LogP contribution in [0.4, 0.5) is 0 Å². The monoisotopic (exact) mass is 356 g/mol. The summed E-state index contributed by atoms with van der Waals surface area (Å²) in [5.74, 6) is -0.0874. The second-order valence-electron chi connectivity index (χ2n) is 5.15. The number of carbonyl (C=O) groups is 1. The maximum Gasteiger partial charge on any atom is 0.255 e. The minimum absolute atomic E-state index is 0. The fourth-order valence-corrected chi connectivity index (χ4v) is 2.55. The molecule has 1 aromatic heterocycles. The molecule has 0 aliphatic carbocycles. The normalized spacial score (nSPS) is 10.3. The zero-order valence-electron chi connectivity index (χ0n) is 13.5. The van der Waals surface area contributed by atoms with Gasteiger partial charge in [-0.05, 0) is 32.5 Å². The minimum atomic E-state index is -0.0874. The van der Waals surface area contributed by atoms with Crippen LogP contribution in [0, 0.1) is 13.8 Å². The smallest absolute Gasteiger partial charge is 0.255 e. The molecule has 2 N–H and O–H groups in total. The third-order valence-corrected chi connectivity index (χ3v) is 3.92. The lowest BCUT2D eigenvalue weighted by Gasteiger charge is -2.08. The first-order valence-corrected chi connectivity index (χ1v) is 7.62. The molecule has 0 saturated carbocycles. The van der Waals surface area contributed by atoms with Gasteiger partial charge in [-0.1, -0.05) is 29.8 Å². The number of amides is 1. The number of likely N-dealkylation sites (N-methyl/N-ethyl adjacent to an activating group) is 1. The Bertz CT molecular complexity index is 670. The molecule has 1 heterocycles. The predicted molar refractivity (Wildman–Crippen MR) is 95.8 cm³/mol. The first kappa shape index (κ1) is 19.5. The maximum absolute atomic E-state index is 12.3. The van der Waals surface area contributed by atoms with Crippen molar-refractivity contribution in [2.45, 2.75) is 20.4 Å². The van der Waals surface area contributed by atoms with E-state index in [1.165, 1.54) is 0 Å². The van der Waals surface area contributed by atoms with E-state index in [4.69, 9.17) is 11.6 Å². The van der Waals surface area contributed by atoms with E-state index in [1.54, 1.807) is 0 Å². The van der Waals surface area contributed by atoms with Crippen LogP contribution in [-0.2, 0) is 6.54 Å². The van der Waals surface area contributed by atoms with E-state index in [2.05, 4.69) is 15.7 Å². The van der Waals surface area contributed by atoms with E-state index < -0.39 is 0 Å². The molecule has 0 bridgehead atoms. The van der Waals surface area contributed by atoms with Crippen LogP contribution in [0.25, 0.3) is 0 Å². The number of benzene rings is 1. The standard InChI is InChI=1S/C16H21ClN4O.ClH/c1-11-15(16(22)19-9-8-18-3)12(2)21(20-11)10-13-6-4-5-7-14(13)17;/h4-7,18H,8-10H2,1-3H3,(H,19,22);1H. The van der Waals surface area contributed by atoms with Crippen molar-refractivity contribution in [1.82, 2.24) is 20.4 Å². The summed E-state index contributed by atoms with van der Waals surface area (Å²) in [4.78, 5) is 12.3. The molecule has 0 saturated heterocycles. The third-order valence-electron chi connectivity index (χ3n) is 3.55. The van der Waals surface area contributed by atoms with E-state index in [9.17, 15) is 4.79 Å². The van der Waals surface area contributed by atoms with Crippen LogP contribution in [0.2, 0.25) is 5.02 Å². The van der Waals surface area contributed by atoms with Crippen LogP contribution in [0.1, 0.15) is 27.3 Å². The summed E-state index contributed by atoms with van der Waals surface area (Å²) in [6.45, 7) is 5.63. The molecule has 0 aliphatic rings. The van der Waals surface area contributed by atoms with Crippen molar-refractivity contribution in [2.75, 3.05) is 20.1 Å². The molecule has 0 atom stereocenters. The van der Waals surface area contributed by atoms with E-state index in [-0.39, 0.29) is 18.3 Å². The lowest BCUT2D eigenvalue weighted by molar-refractivity contribution is 0.0953. The zero-order valence-corrected chi connectivity index (χ0v) is 15.1. The molecule has 2 rings (SSSR count). The molecule has 0 spiro atoms. The van der Waals surface area contributed by atoms with Crippen LogP contribution in [0.5, 0.6) is 0 Å². The molecule has 5 nitrogen and oxygen atoms in total. The molecule has 2 aromatic rings. The van der Waals surface area contributed by atoms with E-state index in [1.807, 2.05) is 49.8 Å². The van der Waals surface area contributed by atoms with Crippen LogP contribution in [0.3, 0.4) is 0 Å². The number of aromatic nitrogens is 2. The van der Waals surface area contributed by atoms with Gasteiger partial charge in [0.25, 0.3) is 5.91 Å². The van der Waals surface area contributed by atoms with Gasteiger partial charge in [-0.15, -0.1) is 12.4 Å². The number of halogens is 2. The number of rotatable bonds is 6. The Morgan fingerprint density at radius 2 is 1.96 bits per heavy atom. The van der Waals surface area contributed by atoms with Gasteiger partial charge in [-0.3, -0.25) is 9.48 Å². The van der Waals surface area contributed by atoms with E-state index >= 15 is 0 Å². The lowest BCUT2D eigenvalue weighted by Crippen LogP contribution is -2.31. The van der Waals surface area contributed by atoms with Gasteiger partial charge < -0.3 is 10.6 Å². The lowest BCUT2D eigenvalue weighted by atomic mass is 10.1. The second kappa shape index (κ2) is 8.91. The van der Waals surface area contributed by atoms with Crippen molar-refractivity contribution in [2.24, 2.45) is 0 Å². The third kappa shape index (κ3) is 4.70. The zero-order chi connectivity index (χ0) is 16.1. The first-order valence-electron chi connectivity index (χ1n) is 7.24. The highest BCUT2D eigenvalue weighted by molar-refractivity contribution is 6.31.